The van der Waals surface area contributed by atoms with E-state index < -0.39 is 15.9 Å². The maximum Gasteiger partial charge on any atom is 0.262 e. The fraction of sp³-hybridized carbons (Fsp3) is 0.333. The first-order chi connectivity index (χ1) is 12.7. The molecule has 2 heterocycles. The zero-order chi connectivity index (χ0) is 19.6. The molecule has 0 radical (unpaired) electrons. The zero-order valence-corrected chi connectivity index (χ0v) is 17.0. The van der Waals surface area contributed by atoms with Crippen molar-refractivity contribution in [2.75, 3.05) is 24.6 Å². The van der Waals surface area contributed by atoms with Crippen LogP contribution in [0.25, 0.3) is 10.4 Å². The Balaban J connectivity index is 1.61. The lowest BCUT2D eigenvalue weighted by molar-refractivity contribution is -0.132. The Bertz CT molecular complexity index is 940. The zero-order valence-electron chi connectivity index (χ0n) is 14.6. The van der Waals surface area contributed by atoms with E-state index in [1.165, 1.54) is 16.2 Å². The van der Waals surface area contributed by atoms with E-state index in [1.807, 2.05) is 18.2 Å². The van der Waals surface area contributed by atoms with Crippen LogP contribution in [0.2, 0.25) is 5.02 Å². The topological polar surface area (TPSA) is 83.6 Å². The Morgan fingerprint density at radius 2 is 1.74 bits per heavy atom. The van der Waals surface area contributed by atoms with Gasteiger partial charge in [0.25, 0.3) is 5.91 Å². The molecule has 0 saturated carbocycles. The van der Waals surface area contributed by atoms with E-state index in [1.54, 1.807) is 25.1 Å². The molecule has 9 heteroatoms. The second-order valence-corrected chi connectivity index (χ2v) is 10.2. The normalized spacial score (nSPS) is 17.3. The van der Waals surface area contributed by atoms with Gasteiger partial charge in [-0.2, -0.15) is 0 Å². The van der Waals surface area contributed by atoms with Crippen LogP contribution in [-0.4, -0.2) is 55.8 Å². The van der Waals surface area contributed by atoms with Gasteiger partial charge in [-0.3, -0.25) is 9.59 Å². The number of amides is 2. The van der Waals surface area contributed by atoms with Gasteiger partial charge in [0.1, 0.15) is 6.04 Å². The van der Waals surface area contributed by atoms with Crippen LogP contribution in [0.3, 0.4) is 0 Å². The van der Waals surface area contributed by atoms with Gasteiger partial charge in [-0.1, -0.05) is 23.7 Å². The van der Waals surface area contributed by atoms with Crippen molar-refractivity contribution < 1.29 is 18.0 Å². The molecule has 3 rings (SSSR count). The van der Waals surface area contributed by atoms with Crippen LogP contribution in [0.5, 0.6) is 0 Å². The number of halogens is 1. The number of rotatable bonds is 4. The summed E-state index contributed by atoms with van der Waals surface area (Å²) in [5.41, 5.74) is 0.960. The van der Waals surface area contributed by atoms with Crippen LogP contribution in [0.1, 0.15) is 16.6 Å². The van der Waals surface area contributed by atoms with Gasteiger partial charge in [0, 0.05) is 23.0 Å². The minimum Gasteiger partial charge on any atom is -0.340 e. The lowest BCUT2D eigenvalue weighted by Crippen LogP contribution is -2.51. The first kappa shape index (κ1) is 19.9. The minimum atomic E-state index is -3.06. The molecule has 1 saturated heterocycles. The molecule has 1 aliphatic rings. The van der Waals surface area contributed by atoms with Crippen LogP contribution in [0.15, 0.2) is 36.4 Å². The molecule has 0 bridgehead atoms. The third-order valence-corrected chi connectivity index (χ3v) is 7.33. The van der Waals surface area contributed by atoms with Crippen molar-refractivity contribution in [3.8, 4) is 10.4 Å². The molecule has 1 aromatic heterocycles. The van der Waals surface area contributed by atoms with E-state index in [0.717, 1.165) is 10.4 Å². The molecule has 1 unspecified atom stereocenters. The second-order valence-electron chi connectivity index (χ2n) is 6.34. The van der Waals surface area contributed by atoms with E-state index in [-0.39, 0.29) is 36.4 Å². The van der Waals surface area contributed by atoms with Crippen LogP contribution >= 0.6 is 22.9 Å². The number of benzene rings is 1. The SMILES string of the molecule is CC(NC(=O)c1ccc(-c2ccc(Cl)cc2)s1)C(=O)N1CCS(=O)(=O)CC1. The van der Waals surface area contributed by atoms with Gasteiger partial charge >= 0.3 is 0 Å². The van der Waals surface area contributed by atoms with Crippen molar-refractivity contribution in [3.05, 3.63) is 46.3 Å². The summed E-state index contributed by atoms with van der Waals surface area (Å²) in [4.78, 5) is 27.8. The standard InChI is InChI=1S/C18H19ClN2O4S2/c1-12(18(23)21-8-10-27(24,25)11-9-21)20-17(22)16-7-6-15(26-16)13-2-4-14(19)5-3-13/h2-7,12H,8-11H2,1H3,(H,20,22). The average molecular weight is 427 g/mol. The number of hydrogen-bond acceptors (Lipinski definition) is 5. The summed E-state index contributed by atoms with van der Waals surface area (Å²) < 4.78 is 23.0. The summed E-state index contributed by atoms with van der Waals surface area (Å²) in [6.07, 6.45) is 0. The Labute approximate surface area is 167 Å². The van der Waals surface area contributed by atoms with E-state index in [4.69, 9.17) is 11.6 Å². The quantitative estimate of drug-likeness (QED) is 0.813. The van der Waals surface area contributed by atoms with Crippen molar-refractivity contribution in [2.24, 2.45) is 0 Å². The molecule has 1 N–H and O–H groups in total. The minimum absolute atomic E-state index is 0.0330. The van der Waals surface area contributed by atoms with Crippen LogP contribution in [0, 0.1) is 0 Å². The summed E-state index contributed by atoms with van der Waals surface area (Å²) in [5.74, 6) is -0.665. The van der Waals surface area contributed by atoms with Crippen molar-refractivity contribution in [2.45, 2.75) is 13.0 Å². The lowest BCUT2D eigenvalue weighted by atomic mass is 10.2. The fourth-order valence-corrected chi connectivity index (χ4v) is 5.01. The van der Waals surface area contributed by atoms with Gasteiger partial charge in [-0.15, -0.1) is 11.3 Å². The molecule has 1 aliphatic heterocycles. The van der Waals surface area contributed by atoms with E-state index in [0.29, 0.717) is 9.90 Å². The maximum absolute atomic E-state index is 12.5. The molecule has 1 aromatic carbocycles. The largest absolute Gasteiger partial charge is 0.340 e. The van der Waals surface area contributed by atoms with E-state index in [9.17, 15) is 18.0 Å². The van der Waals surface area contributed by atoms with Crippen molar-refractivity contribution in [1.82, 2.24) is 10.2 Å². The number of nitrogens with zero attached hydrogens (tertiary/aromatic N) is 1. The lowest BCUT2D eigenvalue weighted by Gasteiger charge is -2.29. The summed E-state index contributed by atoms with van der Waals surface area (Å²) in [7, 11) is -3.06. The molecule has 1 atom stereocenters. The van der Waals surface area contributed by atoms with E-state index >= 15 is 0 Å². The molecule has 6 nitrogen and oxygen atoms in total. The fourth-order valence-electron chi connectivity index (χ4n) is 2.77. The predicted octanol–water partition coefficient (Wildman–Crippen LogP) is 2.44. The molecule has 27 heavy (non-hydrogen) atoms. The molecule has 0 spiro atoms. The Hall–Kier alpha value is -1.90. The molecule has 2 aromatic rings. The highest BCUT2D eigenvalue weighted by molar-refractivity contribution is 7.91. The van der Waals surface area contributed by atoms with Crippen LogP contribution < -0.4 is 5.32 Å². The highest BCUT2D eigenvalue weighted by Gasteiger charge is 2.28. The smallest absolute Gasteiger partial charge is 0.262 e. The third-order valence-electron chi connectivity index (χ3n) is 4.33. The van der Waals surface area contributed by atoms with Gasteiger partial charge in [0.05, 0.1) is 16.4 Å². The molecule has 2 amide bonds. The number of hydrogen-bond donors (Lipinski definition) is 1. The number of carbonyl (C=O) groups excluding carboxylic acids is 2. The van der Waals surface area contributed by atoms with E-state index in [2.05, 4.69) is 5.32 Å². The van der Waals surface area contributed by atoms with Gasteiger partial charge in [-0.05, 0) is 36.8 Å². The summed E-state index contributed by atoms with van der Waals surface area (Å²) in [5, 5.41) is 3.34. The predicted molar refractivity (Wildman–Crippen MR) is 107 cm³/mol. The molecule has 1 fully saturated rings. The molecular weight excluding hydrogens is 408 g/mol. The number of sulfone groups is 1. The second kappa shape index (κ2) is 8.00. The first-order valence-corrected chi connectivity index (χ1v) is 11.4. The highest BCUT2D eigenvalue weighted by Crippen LogP contribution is 2.29. The van der Waals surface area contributed by atoms with Crippen molar-refractivity contribution in [1.29, 1.82) is 0 Å². The van der Waals surface area contributed by atoms with Crippen LogP contribution in [0.4, 0.5) is 0 Å². The maximum atomic E-state index is 12.5. The molecular formula is C18H19ClN2O4S2. The third kappa shape index (κ3) is 4.88. The summed E-state index contributed by atoms with van der Waals surface area (Å²) in [6.45, 7) is 1.94. The molecule has 0 aliphatic carbocycles. The number of nitrogens with one attached hydrogen (secondary N) is 1. The Kier molecular flexibility index (Phi) is 5.88. The van der Waals surface area contributed by atoms with Gasteiger partial charge in [0.2, 0.25) is 5.91 Å². The van der Waals surface area contributed by atoms with Gasteiger partial charge in [-0.25, -0.2) is 8.42 Å². The Morgan fingerprint density at radius 3 is 2.37 bits per heavy atom. The van der Waals surface area contributed by atoms with Crippen LogP contribution in [-0.2, 0) is 14.6 Å². The van der Waals surface area contributed by atoms with Crippen molar-refractivity contribution >= 4 is 44.6 Å². The highest BCUT2D eigenvalue weighted by atomic mass is 35.5. The Morgan fingerprint density at radius 1 is 1.11 bits per heavy atom. The van der Waals surface area contributed by atoms with Gasteiger partial charge < -0.3 is 10.2 Å². The van der Waals surface area contributed by atoms with Crippen molar-refractivity contribution in [3.63, 3.8) is 0 Å². The number of thiophene rings is 1. The molecule has 144 valence electrons. The summed E-state index contributed by atoms with van der Waals surface area (Å²) >= 11 is 7.22. The van der Waals surface area contributed by atoms with Gasteiger partial charge in [0.15, 0.2) is 9.84 Å². The first-order valence-electron chi connectivity index (χ1n) is 8.41. The monoisotopic (exact) mass is 426 g/mol. The summed E-state index contributed by atoms with van der Waals surface area (Å²) in [6, 6.07) is 10.2. The average Bonchev–Trinajstić information content (AvgIpc) is 3.12. The number of carbonyl (C=O) groups is 2.